The Morgan fingerprint density at radius 1 is 0.903 bits per heavy atom. The van der Waals surface area contributed by atoms with Crippen LogP contribution in [0.25, 0.3) is 5.69 Å². The minimum Gasteiger partial charge on any atom is -0.245 e. The smallest absolute Gasteiger partial charge is 0.245 e. The first kappa shape index (κ1) is 23.6. The second kappa shape index (κ2) is 10.5. The third-order valence-electron chi connectivity index (χ3n) is 5.15. The molecule has 0 saturated heterocycles. The average Bonchev–Trinajstić information content (AvgIpc) is 3.53. The fraction of sp³-hybridized carbons (Fsp3) is 0.120. The second-order valence-corrected chi connectivity index (χ2v) is 7.19. The van der Waals surface area contributed by atoms with Crippen molar-refractivity contribution in [2.45, 2.75) is 19.5 Å². The molecule has 5 rings (SSSR count). The number of para-hydroxylation sites is 1. The predicted molar refractivity (Wildman–Crippen MR) is 118 cm³/mol. The Morgan fingerprint density at radius 3 is 2.03 bits per heavy atom. The standard InChI is InChI=1S/C20H18N3O2.C5H5.Fe/c1-14(2)17-12-13-21-19(24)22(16-10-4-3-5-11-16)20(25)23(21)18(17)15-8-6-7-9-15;1-2-4-5-3-1;/h3-12,18H,1,13H2,2H3;1-5H;/q;;+2. The van der Waals surface area contributed by atoms with E-state index in [4.69, 9.17) is 0 Å². The van der Waals surface area contributed by atoms with Crippen molar-refractivity contribution in [2.24, 2.45) is 0 Å². The van der Waals surface area contributed by atoms with Crippen LogP contribution in [0.4, 0.5) is 0 Å². The normalized spacial score (nSPS) is 20.3. The predicted octanol–water partition coefficient (Wildman–Crippen LogP) is 3.28. The molecular weight excluding hydrogens is 430 g/mol. The summed E-state index contributed by atoms with van der Waals surface area (Å²) in [5.74, 6) is 0.968. The topological polar surface area (TPSA) is 48.9 Å². The van der Waals surface area contributed by atoms with Crippen molar-refractivity contribution < 1.29 is 17.1 Å². The maximum Gasteiger partial charge on any atom is 2.00 e. The van der Waals surface area contributed by atoms with Crippen molar-refractivity contribution in [3.63, 3.8) is 0 Å². The Morgan fingerprint density at radius 2 is 1.48 bits per heavy atom. The first-order valence-electron chi connectivity index (χ1n) is 9.83. The van der Waals surface area contributed by atoms with E-state index in [1.165, 1.54) is 9.25 Å². The zero-order valence-electron chi connectivity index (χ0n) is 17.2. The number of aromatic nitrogens is 3. The fourth-order valence-electron chi connectivity index (χ4n) is 3.76. The molecule has 1 aliphatic heterocycles. The molecule has 2 aromatic rings. The Bertz CT molecular complexity index is 1030. The van der Waals surface area contributed by atoms with Crippen LogP contribution in [0.5, 0.6) is 0 Å². The van der Waals surface area contributed by atoms with Gasteiger partial charge in [0.25, 0.3) is 0 Å². The summed E-state index contributed by atoms with van der Waals surface area (Å²) in [6.45, 7) is 6.33. The minimum absolute atomic E-state index is 0. The molecule has 3 aliphatic rings. The molecule has 5 nitrogen and oxygen atoms in total. The van der Waals surface area contributed by atoms with Gasteiger partial charge in [-0.25, -0.2) is 23.5 Å². The maximum absolute atomic E-state index is 13.2. The summed E-state index contributed by atoms with van der Waals surface area (Å²) < 4.78 is 4.28. The average molecular weight is 453 g/mol. The largest absolute Gasteiger partial charge is 2.00 e. The Hall–Kier alpha value is -2.04. The molecule has 0 N–H and O–H groups in total. The summed E-state index contributed by atoms with van der Waals surface area (Å²) >= 11 is 0. The van der Waals surface area contributed by atoms with E-state index in [0.29, 0.717) is 12.2 Å². The van der Waals surface area contributed by atoms with E-state index in [2.05, 4.69) is 6.58 Å². The van der Waals surface area contributed by atoms with Gasteiger partial charge in [0.05, 0.1) is 18.3 Å². The van der Waals surface area contributed by atoms with Crippen LogP contribution in [0.3, 0.4) is 0 Å². The van der Waals surface area contributed by atoms with Crippen molar-refractivity contribution in [1.29, 1.82) is 0 Å². The molecule has 156 valence electrons. The van der Waals surface area contributed by atoms with Crippen molar-refractivity contribution in [3.8, 4) is 5.69 Å². The Labute approximate surface area is 194 Å². The van der Waals surface area contributed by atoms with Crippen molar-refractivity contribution in [3.05, 3.63) is 139 Å². The van der Waals surface area contributed by atoms with E-state index in [1.807, 2.05) is 89.0 Å². The maximum atomic E-state index is 13.2. The van der Waals surface area contributed by atoms with Gasteiger partial charge in [-0.3, -0.25) is 0 Å². The molecule has 1 atom stereocenters. The molecule has 0 amide bonds. The third kappa shape index (κ3) is 4.75. The number of fused-ring (bicyclic) bond motifs is 1. The van der Waals surface area contributed by atoms with Crippen LogP contribution in [-0.2, 0) is 23.6 Å². The van der Waals surface area contributed by atoms with Gasteiger partial charge in [0.2, 0.25) is 0 Å². The van der Waals surface area contributed by atoms with Gasteiger partial charge < -0.3 is 0 Å². The number of rotatable bonds is 3. The van der Waals surface area contributed by atoms with Gasteiger partial charge in [-0.05, 0) is 82.4 Å². The number of allylic oxidation sites excluding steroid dienone is 3. The number of nitrogens with zero attached hydrogens (tertiary/aromatic N) is 3. The molecule has 10 radical (unpaired) electrons. The quantitative estimate of drug-likeness (QED) is 0.670. The zero-order chi connectivity index (χ0) is 21.1. The molecule has 1 aromatic heterocycles. The van der Waals surface area contributed by atoms with Gasteiger partial charge in [0.15, 0.2) is 0 Å². The SMILES string of the molecule is C=C(C)C1=CCn2c(=O)n(-c3ccccc3)c(=O)n2C1[C]1[CH][CH][CH][CH]1.[CH]1[CH][CH][CH][CH]1.[Fe+2]. The number of hydrogen-bond acceptors (Lipinski definition) is 2. The van der Waals surface area contributed by atoms with Crippen LogP contribution in [0.2, 0.25) is 0 Å². The number of hydrogen-bond donors (Lipinski definition) is 0. The van der Waals surface area contributed by atoms with E-state index in [-0.39, 0.29) is 34.5 Å². The van der Waals surface area contributed by atoms with Crippen LogP contribution in [-0.4, -0.2) is 13.9 Å². The van der Waals surface area contributed by atoms with Crippen LogP contribution < -0.4 is 11.4 Å². The van der Waals surface area contributed by atoms with Gasteiger partial charge in [-0.1, -0.05) is 36.4 Å². The summed E-state index contributed by atoms with van der Waals surface area (Å²) in [5, 5.41) is 0. The molecule has 0 spiro atoms. The Balaban J connectivity index is 0.000000401. The van der Waals surface area contributed by atoms with Crippen molar-refractivity contribution in [1.82, 2.24) is 13.9 Å². The second-order valence-electron chi connectivity index (χ2n) is 7.19. The van der Waals surface area contributed by atoms with Crippen LogP contribution >= 0.6 is 0 Å². The molecule has 31 heavy (non-hydrogen) atoms. The Kier molecular flexibility index (Phi) is 8.01. The van der Waals surface area contributed by atoms with E-state index >= 15 is 0 Å². The third-order valence-corrected chi connectivity index (χ3v) is 5.15. The van der Waals surface area contributed by atoms with Crippen molar-refractivity contribution >= 4 is 0 Å². The molecule has 2 fully saturated rings. The van der Waals surface area contributed by atoms with Gasteiger partial charge >= 0.3 is 28.4 Å². The molecule has 2 heterocycles. The van der Waals surface area contributed by atoms with Gasteiger partial charge in [0, 0.05) is 5.92 Å². The molecule has 0 bridgehead atoms. The first-order valence-corrected chi connectivity index (χ1v) is 9.83. The molecule has 1 unspecified atom stereocenters. The van der Waals surface area contributed by atoms with E-state index in [1.54, 1.807) is 16.8 Å². The number of benzene rings is 1. The summed E-state index contributed by atoms with van der Waals surface area (Å²) in [6, 6.07) is 8.67. The minimum atomic E-state index is -0.341. The molecule has 2 saturated carbocycles. The summed E-state index contributed by atoms with van der Waals surface area (Å²) in [6.07, 6.45) is 19.8. The van der Waals surface area contributed by atoms with E-state index < -0.39 is 0 Å². The van der Waals surface area contributed by atoms with E-state index in [9.17, 15) is 9.59 Å². The van der Waals surface area contributed by atoms with E-state index in [0.717, 1.165) is 17.1 Å². The van der Waals surface area contributed by atoms with Crippen molar-refractivity contribution in [2.75, 3.05) is 0 Å². The molecular formula is C25H23FeN3O2+2. The van der Waals surface area contributed by atoms with Gasteiger partial charge in [-0.2, -0.15) is 0 Å². The molecule has 2 aliphatic carbocycles. The first-order chi connectivity index (χ1) is 14.6. The molecule has 6 heteroatoms. The summed E-state index contributed by atoms with van der Waals surface area (Å²) in [4.78, 5) is 26.0. The van der Waals surface area contributed by atoms with Crippen LogP contribution in [0.1, 0.15) is 13.0 Å². The zero-order valence-corrected chi connectivity index (χ0v) is 18.3. The monoisotopic (exact) mass is 453 g/mol. The summed E-state index contributed by atoms with van der Waals surface area (Å²) in [5.41, 5.74) is 1.77. The van der Waals surface area contributed by atoms with Gasteiger partial charge in [0.1, 0.15) is 0 Å². The summed E-state index contributed by atoms with van der Waals surface area (Å²) in [7, 11) is 0. The van der Waals surface area contributed by atoms with Crippen LogP contribution in [0, 0.1) is 63.7 Å². The van der Waals surface area contributed by atoms with Crippen LogP contribution in [0.15, 0.2) is 63.7 Å². The van der Waals surface area contributed by atoms with Gasteiger partial charge in [-0.15, -0.1) is 0 Å². The fourth-order valence-corrected chi connectivity index (χ4v) is 3.76. The molecule has 1 aromatic carbocycles.